The second kappa shape index (κ2) is 5.22. The molecule has 0 saturated carbocycles. The lowest BCUT2D eigenvalue weighted by atomic mass is 10.2. The molecule has 3 rings (SSSR count). The van der Waals surface area contributed by atoms with Gasteiger partial charge >= 0.3 is 0 Å². The molecule has 1 aliphatic rings. The van der Waals surface area contributed by atoms with Crippen LogP contribution in [0.15, 0.2) is 30.5 Å². The van der Waals surface area contributed by atoms with Crippen molar-refractivity contribution in [2.75, 3.05) is 12.1 Å². The predicted molar refractivity (Wildman–Crippen MR) is 72.4 cm³/mol. The maximum Gasteiger partial charge on any atom is 0.231 e. The van der Waals surface area contributed by atoms with E-state index in [4.69, 9.17) is 9.47 Å². The number of benzene rings is 1. The summed E-state index contributed by atoms with van der Waals surface area (Å²) in [7, 11) is 0. The van der Waals surface area contributed by atoms with Crippen molar-refractivity contribution in [3.63, 3.8) is 0 Å². The van der Waals surface area contributed by atoms with Crippen LogP contribution in [0, 0.1) is 0 Å². The maximum absolute atomic E-state index is 5.36. The van der Waals surface area contributed by atoms with Crippen LogP contribution in [0.4, 0.5) is 5.69 Å². The molecule has 2 aromatic rings. The zero-order chi connectivity index (χ0) is 13.1. The van der Waals surface area contributed by atoms with Crippen LogP contribution in [0.3, 0.4) is 0 Å². The summed E-state index contributed by atoms with van der Waals surface area (Å²) in [6.07, 6.45) is 2.92. The van der Waals surface area contributed by atoms with Crippen molar-refractivity contribution >= 4 is 5.69 Å². The third kappa shape index (κ3) is 2.50. The van der Waals surface area contributed by atoms with Gasteiger partial charge in [0, 0.05) is 24.5 Å². The van der Waals surface area contributed by atoms with Gasteiger partial charge in [-0.1, -0.05) is 6.92 Å². The summed E-state index contributed by atoms with van der Waals surface area (Å²) in [5.74, 6) is 1.61. The number of aryl methyl sites for hydroxylation is 1. The van der Waals surface area contributed by atoms with Crippen LogP contribution < -0.4 is 14.8 Å². The molecule has 0 radical (unpaired) electrons. The van der Waals surface area contributed by atoms with Crippen LogP contribution in [0.5, 0.6) is 11.5 Å². The van der Waals surface area contributed by atoms with Crippen molar-refractivity contribution < 1.29 is 9.47 Å². The molecular formula is C14H17N3O2. The summed E-state index contributed by atoms with van der Waals surface area (Å²) in [5, 5.41) is 7.69. The molecule has 1 N–H and O–H groups in total. The number of aromatic nitrogens is 2. The smallest absolute Gasteiger partial charge is 0.231 e. The summed E-state index contributed by atoms with van der Waals surface area (Å²) in [6, 6.07) is 7.92. The van der Waals surface area contributed by atoms with Crippen molar-refractivity contribution in [2.45, 2.75) is 26.4 Å². The highest BCUT2D eigenvalue weighted by molar-refractivity contribution is 5.55. The van der Waals surface area contributed by atoms with Gasteiger partial charge in [0.1, 0.15) is 0 Å². The first-order chi connectivity index (χ1) is 9.36. The van der Waals surface area contributed by atoms with E-state index in [1.54, 1.807) is 0 Å². The Morgan fingerprint density at radius 3 is 3.05 bits per heavy atom. The first-order valence-corrected chi connectivity index (χ1v) is 6.51. The summed E-state index contributed by atoms with van der Waals surface area (Å²) < 4.78 is 12.7. The predicted octanol–water partition coefficient (Wildman–Crippen LogP) is 2.63. The van der Waals surface area contributed by atoms with Crippen molar-refractivity contribution in [2.24, 2.45) is 0 Å². The van der Waals surface area contributed by atoms with Crippen molar-refractivity contribution in [3.8, 4) is 11.5 Å². The highest BCUT2D eigenvalue weighted by Crippen LogP contribution is 2.34. The summed E-state index contributed by atoms with van der Waals surface area (Å²) in [5.41, 5.74) is 2.20. The molecule has 19 heavy (non-hydrogen) atoms. The van der Waals surface area contributed by atoms with E-state index < -0.39 is 0 Å². The van der Waals surface area contributed by atoms with Crippen LogP contribution in [-0.2, 0) is 13.1 Å². The lowest BCUT2D eigenvalue weighted by Gasteiger charge is -2.09. The first kappa shape index (κ1) is 11.9. The molecule has 0 saturated heterocycles. The molecule has 1 aromatic heterocycles. The minimum Gasteiger partial charge on any atom is -0.454 e. The molecule has 100 valence electrons. The van der Waals surface area contributed by atoms with Gasteiger partial charge in [-0.25, -0.2) is 0 Å². The molecule has 1 aliphatic heterocycles. The minimum absolute atomic E-state index is 0.308. The first-order valence-electron chi connectivity index (χ1n) is 6.51. The third-order valence-electron chi connectivity index (χ3n) is 3.09. The van der Waals surface area contributed by atoms with E-state index in [1.165, 1.54) is 5.69 Å². The van der Waals surface area contributed by atoms with Gasteiger partial charge in [0.2, 0.25) is 6.79 Å². The Morgan fingerprint density at radius 1 is 1.26 bits per heavy atom. The quantitative estimate of drug-likeness (QED) is 0.896. The number of hydrogen-bond acceptors (Lipinski definition) is 4. The summed E-state index contributed by atoms with van der Waals surface area (Å²) in [6.45, 7) is 4.16. The molecule has 0 unspecified atom stereocenters. The Balaban J connectivity index is 1.67. The fourth-order valence-electron chi connectivity index (χ4n) is 2.12. The van der Waals surface area contributed by atoms with Crippen LogP contribution in [0.2, 0.25) is 0 Å². The van der Waals surface area contributed by atoms with Gasteiger partial charge in [-0.2, -0.15) is 5.10 Å². The van der Waals surface area contributed by atoms with Gasteiger partial charge in [0.15, 0.2) is 11.5 Å². The zero-order valence-electron chi connectivity index (χ0n) is 10.9. The Morgan fingerprint density at radius 2 is 2.16 bits per heavy atom. The second-order valence-corrected chi connectivity index (χ2v) is 4.47. The lowest BCUT2D eigenvalue weighted by molar-refractivity contribution is 0.174. The average molecular weight is 259 g/mol. The largest absolute Gasteiger partial charge is 0.454 e. The average Bonchev–Trinajstić information content (AvgIpc) is 3.05. The molecule has 1 aromatic carbocycles. The molecule has 0 bridgehead atoms. The van der Waals surface area contributed by atoms with E-state index in [2.05, 4.69) is 17.3 Å². The van der Waals surface area contributed by atoms with Crippen molar-refractivity contribution in [1.29, 1.82) is 0 Å². The molecular weight excluding hydrogens is 242 g/mol. The Kier molecular flexibility index (Phi) is 3.27. The van der Waals surface area contributed by atoms with Crippen LogP contribution in [0.25, 0.3) is 0 Å². The number of fused-ring (bicyclic) bond motifs is 1. The zero-order valence-corrected chi connectivity index (χ0v) is 10.9. The molecule has 0 atom stereocenters. The van der Waals surface area contributed by atoms with E-state index in [0.717, 1.165) is 36.7 Å². The van der Waals surface area contributed by atoms with Crippen LogP contribution >= 0.6 is 0 Å². The molecule has 5 nitrogen and oxygen atoms in total. The van der Waals surface area contributed by atoms with Crippen molar-refractivity contribution in [1.82, 2.24) is 9.78 Å². The standard InChI is InChI=1S/C14H17N3O2/c1-2-7-17-12(5-6-16-17)9-15-11-3-4-13-14(8-11)19-10-18-13/h3-6,8,15H,2,7,9-10H2,1H3. The van der Waals surface area contributed by atoms with E-state index in [0.29, 0.717) is 6.79 Å². The molecule has 0 aliphatic carbocycles. The fourth-order valence-corrected chi connectivity index (χ4v) is 2.12. The van der Waals surface area contributed by atoms with Crippen LogP contribution in [0.1, 0.15) is 19.0 Å². The van der Waals surface area contributed by atoms with Gasteiger partial charge in [0.25, 0.3) is 0 Å². The Hall–Kier alpha value is -2.17. The maximum atomic E-state index is 5.36. The highest BCUT2D eigenvalue weighted by Gasteiger charge is 2.13. The SMILES string of the molecule is CCCn1nccc1CNc1ccc2c(c1)OCO2. The van der Waals surface area contributed by atoms with Gasteiger partial charge < -0.3 is 14.8 Å². The normalized spacial score (nSPS) is 12.7. The molecule has 0 fully saturated rings. The second-order valence-electron chi connectivity index (χ2n) is 4.47. The summed E-state index contributed by atoms with van der Waals surface area (Å²) in [4.78, 5) is 0. The number of nitrogens with zero attached hydrogens (tertiary/aromatic N) is 2. The molecule has 5 heteroatoms. The molecule has 0 spiro atoms. The number of hydrogen-bond donors (Lipinski definition) is 1. The van der Waals surface area contributed by atoms with E-state index in [9.17, 15) is 0 Å². The van der Waals surface area contributed by atoms with Gasteiger partial charge in [-0.15, -0.1) is 0 Å². The highest BCUT2D eigenvalue weighted by atomic mass is 16.7. The van der Waals surface area contributed by atoms with Gasteiger partial charge in [-0.3, -0.25) is 4.68 Å². The number of rotatable bonds is 5. The number of ether oxygens (including phenoxy) is 2. The van der Waals surface area contributed by atoms with Gasteiger partial charge in [-0.05, 0) is 24.6 Å². The lowest BCUT2D eigenvalue weighted by Crippen LogP contribution is -2.08. The summed E-state index contributed by atoms with van der Waals surface area (Å²) >= 11 is 0. The molecule has 0 amide bonds. The monoisotopic (exact) mass is 259 g/mol. The Bertz CT molecular complexity index is 566. The van der Waals surface area contributed by atoms with E-state index in [1.807, 2.05) is 35.1 Å². The third-order valence-corrected chi connectivity index (χ3v) is 3.09. The van der Waals surface area contributed by atoms with Crippen molar-refractivity contribution in [3.05, 3.63) is 36.2 Å². The fraction of sp³-hybridized carbons (Fsp3) is 0.357. The number of nitrogens with one attached hydrogen (secondary N) is 1. The topological polar surface area (TPSA) is 48.3 Å². The van der Waals surface area contributed by atoms with E-state index in [-0.39, 0.29) is 0 Å². The Labute approximate surface area is 112 Å². The molecule has 2 heterocycles. The number of anilines is 1. The minimum atomic E-state index is 0.308. The van der Waals surface area contributed by atoms with Crippen LogP contribution in [-0.4, -0.2) is 16.6 Å². The van der Waals surface area contributed by atoms with E-state index >= 15 is 0 Å². The van der Waals surface area contributed by atoms with Gasteiger partial charge in [0.05, 0.1) is 12.2 Å².